The van der Waals surface area contributed by atoms with Crippen molar-refractivity contribution in [1.29, 1.82) is 0 Å². The van der Waals surface area contributed by atoms with Crippen molar-refractivity contribution in [2.75, 3.05) is 13.1 Å². The molecule has 0 aromatic heterocycles. The zero-order chi connectivity index (χ0) is 13.5. The molecule has 18 heavy (non-hydrogen) atoms. The van der Waals surface area contributed by atoms with Gasteiger partial charge in [-0.15, -0.1) is 0 Å². The van der Waals surface area contributed by atoms with E-state index in [0.29, 0.717) is 5.92 Å². The van der Waals surface area contributed by atoms with Crippen LogP contribution in [0.1, 0.15) is 51.7 Å². The fraction of sp³-hybridized carbons (Fsp3) is 0.647. The molecule has 0 aliphatic rings. The summed E-state index contributed by atoms with van der Waals surface area (Å²) in [6.45, 7) is 13.6. The van der Waals surface area contributed by atoms with Crippen LogP contribution in [-0.2, 0) is 6.42 Å². The molecule has 1 nitrogen and oxygen atoms in total. The maximum absolute atomic E-state index is 3.44. The monoisotopic (exact) mass is 247 g/mol. The van der Waals surface area contributed by atoms with Gasteiger partial charge in [-0.05, 0) is 48.4 Å². The Morgan fingerprint density at radius 2 is 1.56 bits per heavy atom. The average Bonchev–Trinajstić information content (AvgIpc) is 2.36. The van der Waals surface area contributed by atoms with Gasteiger partial charge in [0.25, 0.3) is 0 Å². The fourth-order valence-corrected chi connectivity index (χ4v) is 2.18. The molecule has 0 saturated carbocycles. The van der Waals surface area contributed by atoms with Crippen molar-refractivity contribution >= 4 is 0 Å². The zero-order valence-electron chi connectivity index (χ0n) is 12.7. The molecule has 0 bridgehead atoms. The summed E-state index contributed by atoms with van der Waals surface area (Å²) in [7, 11) is 0. The molecular formula is C17H29N. The van der Waals surface area contributed by atoms with Gasteiger partial charge < -0.3 is 5.32 Å². The van der Waals surface area contributed by atoms with E-state index in [9.17, 15) is 0 Å². The van der Waals surface area contributed by atoms with E-state index in [2.05, 4.69) is 64.2 Å². The average molecular weight is 247 g/mol. The first-order valence-corrected chi connectivity index (χ1v) is 7.34. The van der Waals surface area contributed by atoms with Gasteiger partial charge in [-0.2, -0.15) is 0 Å². The highest BCUT2D eigenvalue weighted by atomic mass is 14.8. The molecule has 1 aromatic rings. The van der Waals surface area contributed by atoms with Crippen LogP contribution in [0.3, 0.4) is 0 Å². The molecule has 2 unspecified atom stereocenters. The largest absolute Gasteiger partial charge is 0.317 e. The predicted octanol–water partition coefficient (Wildman–Crippen LogP) is 4.23. The minimum absolute atomic E-state index is 0.629. The van der Waals surface area contributed by atoms with Gasteiger partial charge in [0.15, 0.2) is 0 Å². The van der Waals surface area contributed by atoms with Gasteiger partial charge in [0.05, 0.1) is 0 Å². The molecule has 1 N–H and O–H groups in total. The molecule has 2 atom stereocenters. The molecule has 1 heteroatoms. The summed E-state index contributed by atoms with van der Waals surface area (Å²) in [6.07, 6.45) is 1.19. The molecular weight excluding hydrogens is 218 g/mol. The molecule has 1 aromatic carbocycles. The van der Waals surface area contributed by atoms with E-state index in [4.69, 9.17) is 0 Å². The summed E-state index contributed by atoms with van der Waals surface area (Å²) >= 11 is 0. The van der Waals surface area contributed by atoms with E-state index >= 15 is 0 Å². The lowest BCUT2D eigenvalue weighted by molar-refractivity contribution is 0.368. The third-order valence-corrected chi connectivity index (χ3v) is 3.89. The topological polar surface area (TPSA) is 12.0 Å². The highest BCUT2D eigenvalue weighted by Gasteiger charge is 2.12. The Hall–Kier alpha value is -0.820. The fourth-order valence-electron chi connectivity index (χ4n) is 2.18. The van der Waals surface area contributed by atoms with Gasteiger partial charge in [-0.25, -0.2) is 0 Å². The summed E-state index contributed by atoms with van der Waals surface area (Å²) in [5, 5.41) is 3.44. The molecule has 0 aliphatic carbocycles. The summed E-state index contributed by atoms with van der Waals surface area (Å²) < 4.78 is 0. The number of hydrogen-bond acceptors (Lipinski definition) is 1. The van der Waals surface area contributed by atoms with Crippen LogP contribution in [0.2, 0.25) is 0 Å². The predicted molar refractivity (Wildman–Crippen MR) is 81.1 cm³/mol. The lowest BCUT2D eigenvalue weighted by atomic mass is 9.89. The smallest absolute Gasteiger partial charge is 0.00206 e. The second kappa shape index (κ2) is 7.58. The van der Waals surface area contributed by atoms with Gasteiger partial charge >= 0.3 is 0 Å². The molecule has 0 amide bonds. The van der Waals surface area contributed by atoms with E-state index < -0.39 is 0 Å². The third-order valence-electron chi connectivity index (χ3n) is 3.89. The minimum Gasteiger partial charge on any atom is -0.317 e. The van der Waals surface area contributed by atoms with Crippen LogP contribution >= 0.6 is 0 Å². The van der Waals surface area contributed by atoms with Crippen molar-refractivity contribution in [3.8, 4) is 0 Å². The number of nitrogens with one attached hydrogen (secondary N) is 1. The molecule has 0 saturated heterocycles. The number of rotatable bonds is 7. The SMILES string of the molecule is CCNCC(C)C(C)Cc1ccc(C(C)C)cc1. The molecule has 0 fully saturated rings. The lowest BCUT2D eigenvalue weighted by Gasteiger charge is -2.20. The Kier molecular flexibility index (Phi) is 6.42. The van der Waals surface area contributed by atoms with E-state index in [1.54, 1.807) is 0 Å². The third kappa shape index (κ3) is 4.81. The van der Waals surface area contributed by atoms with Crippen LogP contribution < -0.4 is 5.32 Å². The van der Waals surface area contributed by atoms with Crippen LogP contribution in [0.5, 0.6) is 0 Å². The summed E-state index contributed by atoms with van der Waals surface area (Å²) in [4.78, 5) is 0. The molecule has 0 spiro atoms. The van der Waals surface area contributed by atoms with Crippen molar-refractivity contribution in [2.24, 2.45) is 11.8 Å². The van der Waals surface area contributed by atoms with Crippen LogP contribution in [0.15, 0.2) is 24.3 Å². The number of benzene rings is 1. The first-order valence-electron chi connectivity index (χ1n) is 7.34. The Morgan fingerprint density at radius 3 is 2.06 bits per heavy atom. The lowest BCUT2D eigenvalue weighted by Crippen LogP contribution is -2.25. The maximum Gasteiger partial charge on any atom is -0.00206 e. The van der Waals surface area contributed by atoms with Crippen molar-refractivity contribution < 1.29 is 0 Å². The summed E-state index contributed by atoms with van der Waals surface area (Å²) in [5.41, 5.74) is 2.90. The normalized spacial score (nSPS) is 14.8. The van der Waals surface area contributed by atoms with Crippen LogP contribution in [0.25, 0.3) is 0 Å². The van der Waals surface area contributed by atoms with Gasteiger partial charge in [0.1, 0.15) is 0 Å². The highest BCUT2D eigenvalue weighted by Crippen LogP contribution is 2.19. The van der Waals surface area contributed by atoms with E-state index in [-0.39, 0.29) is 0 Å². The summed E-state index contributed by atoms with van der Waals surface area (Å²) in [6, 6.07) is 9.15. The van der Waals surface area contributed by atoms with Crippen LogP contribution in [0, 0.1) is 11.8 Å². The standard InChI is InChI=1S/C17H29N/c1-6-18-12-15(5)14(4)11-16-7-9-17(10-8-16)13(2)3/h7-10,13-15,18H,6,11-12H2,1-5H3. The molecule has 0 radical (unpaired) electrons. The van der Waals surface area contributed by atoms with Crippen molar-refractivity contribution in [2.45, 2.75) is 47.0 Å². The quantitative estimate of drug-likeness (QED) is 0.760. The van der Waals surface area contributed by atoms with Crippen molar-refractivity contribution in [3.63, 3.8) is 0 Å². The molecule has 1 rings (SSSR count). The van der Waals surface area contributed by atoms with Crippen LogP contribution in [0.4, 0.5) is 0 Å². The van der Waals surface area contributed by atoms with E-state index in [1.165, 1.54) is 17.5 Å². The number of hydrogen-bond donors (Lipinski definition) is 1. The van der Waals surface area contributed by atoms with Gasteiger partial charge in [-0.3, -0.25) is 0 Å². The second-order valence-corrected chi connectivity index (χ2v) is 5.86. The zero-order valence-corrected chi connectivity index (χ0v) is 12.7. The van der Waals surface area contributed by atoms with Gasteiger partial charge in [0.2, 0.25) is 0 Å². The van der Waals surface area contributed by atoms with E-state index in [1.807, 2.05) is 0 Å². The Bertz CT molecular complexity index is 326. The van der Waals surface area contributed by atoms with Gasteiger partial charge in [-0.1, -0.05) is 58.9 Å². The maximum atomic E-state index is 3.44. The minimum atomic E-state index is 0.629. The van der Waals surface area contributed by atoms with Gasteiger partial charge in [0, 0.05) is 0 Å². The first-order chi connectivity index (χ1) is 8.54. The van der Waals surface area contributed by atoms with Crippen molar-refractivity contribution in [3.05, 3.63) is 35.4 Å². The Labute approximate surface area is 113 Å². The highest BCUT2D eigenvalue weighted by molar-refractivity contribution is 5.24. The molecule has 0 heterocycles. The van der Waals surface area contributed by atoms with Crippen LogP contribution in [-0.4, -0.2) is 13.1 Å². The Morgan fingerprint density at radius 1 is 0.944 bits per heavy atom. The second-order valence-electron chi connectivity index (χ2n) is 5.86. The van der Waals surface area contributed by atoms with E-state index in [0.717, 1.165) is 24.9 Å². The molecule has 0 aliphatic heterocycles. The van der Waals surface area contributed by atoms with Crippen molar-refractivity contribution in [1.82, 2.24) is 5.32 Å². The first kappa shape index (κ1) is 15.2. The summed E-state index contributed by atoms with van der Waals surface area (Å²) in [5.74, 6) is 2.09. The molecule has 102 valence electrons. The Balaban J connectivity index is 2.51.